The number of nitrogens with zero attached hydrogens (tertiary/aromatic N) is 2. The third-order valence-corrected chi connectivity index (χ3v) is 4.66. The molecule has 4 nitrogen and oxygen atoms in total. The van der Waals surface area contributed by atoms with E-state index in [0.717, 1.165) is 10.9 Å². The Kier molecular flexibility index (Phi) is 3.46. The second kappa shape index (κ2) is 5.53. The van der Waals surface area contributed by atoms with Crippen molar-refractivity contribution in [2.45, 2.75) is 0 Å². The lowest BCUT2D eigenvalue weighted by atomic mass is 10.2. The molecule has 3 aromatic rings. The number of rotatable bonds is 1. The Hall–Kier alpha value is -2.53. The van der Waals surface area contributed by atoms with E-state index >= 15 is 0 Å². The standard InChI is InChI=1S/C18H14ClFN2O2/c1-21-13-5-3-2-4-12(13)16(19)17(21)18(23)22-8-9-24-15-10-11(20)6-7-14(15)22/h2-7,10H,8-9H2,1H3. The highest BCUT2D eigenvalue weighted by atomic mass is 35.5. The summed E-state index contributed by atoms with van der Waals surface area (Å²) in [5, 5.41) is 1.26. The zero-order chi connectivity index (χ0) is 16.8. The summed E-state index contributed by atoms with van der Waals surface area (Å²) in [5.74, 6) is -0.259. The van der Waals surface area contributed by atoms with E-state index in [4.69, 9.17) is 16.3 Å². The molecule has 1 aliphatic rings. The third-order valence-electron chi connectivity index (χ3n) is 4.28. The summed E-state index contributed by atoms with van der Waals surface area (Å²) in [5.41, 5.74) is 1.85. The largest absolute Gasteiger partial charge is 0.489 e. The number of aryl methyl sites for hydroxylation is 1. The smallest absolute Gasteiger partial charge is 0.276 e. The van der Waals surface area contributed by atoms with Gasteiger partial charge in [-0.3, -0.25) is 4.79 Å². The molecule has 2 aromatic carbocycles. The Morgan fingerprint density at radius 3 is 2.83 bits per heavy atom. The average molecular weight is 345 g/mol. The Balaban J connectivity index is 1.84. The van der Waals surface area contributed by atoms with E-state index in [1.807, 2.05) is 31.3 Å². The SMILES string of the molecule is Cn1c(C(=O)N2CCOc3cc(F)ccc32)c(Cl)c2ccccc21. The van der Waals surface area contributed by atoms with Crippen molar-refractivity contribution in [1.29, 1.82) is 0 Å². The van der Waals surface area contributed by atoms with E-state index < -0.39 is 5.82 Å². The number of hydrogen-bond acceptors (Lipinski definition) is 2. The number of fused-ring (bicyclic) bond motifs is 2. The van der Waals surface area contributed by atoms with Crippen LogP contribution in [0, 0.1) is 5.82 Å². The highest BCUT2D eigenvalue weighted by Gasteiger charge is 2.29. The van der Waals surface area contributed by atoms with Gasteiger partial charge in [0.2, 0.25) is 0 Å². The van der Waals surface area contributed by atoms with Gasteiger partial charge in [-0.2, -0.15) is 0 Å². The molecule has 0 fully saturated rings. The van der Waals surface area contributed by atoms with Crippen LogP contribution in [0.1, 0.15) is 10.5 Å². The summed E-state index contributed by atoms with van der Waals surface area (Å²) in [7, 11) is 1.81. The van der Waals surface area contributed by atoms with Gasteiger partial charge in [-0.1, -0.05) is 29.8 Å². The van der Waals surface area contributed by atoms with Crippen LogP contribution in [-0.2, 0) is 7.05 Å². The van der Waals surface area contributed by atoms with Crippen LogP contribution < -0.4 is 9.64 Å². The lowest BCUT2D eigenvalue weighted by Gasteiger charge is -2.29. The Labute approximate surface area is 143 Å². The summed E-state index contributed by atoms with van der Waals surface area (Å²) in [6, 6.07) is 11.7. The van der Waals surface area contributed by atoms with Gasteiger partial charge in [0.1, 0.15) is 23.9 Å². The number of para-hydroxylation sites is 1. The van der Waals surface area contributed by atoms with Gasteiger partial charge in [0.25, 0.3) is 5.91 Å². The van der Waals surface area contributed by atoms with Crippen molar-refractivity contribution < 1.29 is 13.9 Å². The van der Waals surface area contributed by atoms with Gasteiger partial charge in [-0.15, -0.1) is 0 Å². The molecular formula is C18H14ClFN2O2. The summed E-state index contributed by atoms with van der Waals surface area (Å²) >= 11 is 6.47. The van der Waals surface area contributed by atoms with Crippen LogP contribution >= 0.6 is 11.6 Å². The summed E-state index contributed by atoms with van der Waals surface area (Å²) < 4.78 is 20.7. The van der Waals surface area contributed by atoms with Crippen molar-refractivity contribution in [2.24, 2.45) is 7.05 Å². The molecule has 0 aliphatic carbocycles. The highest BCUT2D eigenvalue weighted by Crippen LogP contribution is 2.36. The quantitative estimate of drug-likeness (QED) is 0.668. The molecule has 1 aliphatic heterocycles. The zero-order valence-corrected chi connectivity index (χ0v) is 13.7. The van der Waals surface area contributed by atoms with Crippen LogP contribution in [0.2, 0.25) is 5.02 Å². The van der Waals surface area contributed by atoms with Crippen LogP contribution in [0.5, 0.6) is 5.75 Å². The first kappa shape index (κ1) is 15.0. The third kappa shape index (κ3) is 2.16. The van der Waals surface area contributed by atoms with Gasteiger partial charge in [0, 0.05) is 24.0 Å². The second-order valence-electron chi connectivity index (χ2n) is 5.66. The van der Waals surface area contributed by atoms with Gasteiger partial charge in [-0.05, 0) is 18.2 Å². The number of carbonyl (C=O) groups is 1. The molecule has 0 atom stereocenters. The molecule has 0 saturated carbocycles. The minimum atomic E-state index is -0.398. The molecule has 1 aromatic heterocycles. The second-order valence-corrected chi connectivity index (χ2v) is 6.03. The predicted molar refractivity (Wildman–Crippen MR) is 91.5 cm³/mol. The van der Waals surface area contributed by atoms with Gasteiger partial charge >= 0.3 is 0 Å². The first-order valence-electron chi connectivity index (χ1n) is 7.55. The number of aromatic nitrogens is 1. The number of amides is 1. The van der Waals surface area contributed by atoms with Gasteiger partial charge < -0.3 is 14.2 Å². The van der Waals surface area contributed by atoms with Gasteiger partial charge in [-0.25, -0.2) is 4.39 Å². The van der Waals surface area contributed by atoms with E-state index in [1.54, 1.807) is 15.5 Å². The fourth-order valence-electron chi connectivity index (χ4n) is 3.12. The fraction of sp³-hybridized carbons (Fsp3) is 0.167. The molecule has 0 N–H and O–H groups in total. The molecule has 2 heterocycles. The maximum Gasteiger partial charge on any atom is 0.276 e. The maximum atomic E-state index is 13.4. The van der Waals surface area contributed by atoms with Crippen LogP contribution in [0.3, 0.4) is 0 Å². The number of anilines is 1. The van der Waals surface area contributed by atoms with E-state index in [2.05, 4.69) is 0 Å². The molecule has 0 radical (unpaired) electrons. The molecule has 24 heavy (non-hydrogen) atoms. The fourth-order valence-corrected chi connectivity index (χ4v) is 3.48. The van der Waals surface area contributed by atoms with Crippen LogP contribution in [0.4, 0.5) is 10.1 Å². The van der Waals surface area contributed by atoms with Crippen LogP contribution in [-0.4, -0.2) is 23.6 Å². The molecule has 0 spiro atoms. The summed E-state index contributed by atoms with van der Waals surface area (Å²) in [6.45, 7) is 0.694. The van der Waals surface area contributed by atoms with E-state index in [0.29, 0.717) is 35.3 Å². The normalized spacial score (nSPS) is 13.7. The number of halogens is 2. The molecule has 1 amide bonds. The Bertz CT molecular complexity index is 928. The van der Waals surface area contributed by atoms with Crippen molar-refractivity contribution in [3.8, 4) is 5.75 Å². The van der Waals surface area contributed by atoms with Crippen molar-refractivity contribution >= 4 is 34.1 Å². The maximum absolute atomic E-state index is 13.4. The molecule has 4 rings (SSSR count). The molecular weight excluding hydrogens is 331 g/mol. The topological polar surface area (TPSA) is 34.5 Å². The van der Waals surface area contributed by atoms with E-state index in [1.165, 1.54) is 12.1 Å². The van der Waals surface area contributed by atoms with Gasteiger partial charge in [0.05, 0.1) is 17.3 Å². The number of hydrogen-bond donors (Lipinski definition) is 0. The lowest BCUT2D eigenvalue weighted by molar-refractivity contribution is 0.0969. The number of ether oxygens (including phenoxy) is 1. The first-order valence-corrected chi connectivity index (χ1v) is 7.93. The zero-order valence-electron chi connectivity index (χ0n) is 12.9. The van der Waals surface area contributed by atoms with E-state index in [9.17, 15) is 9.18 Å². The molecule has 0 saturated heterocycles. The summed E-state index contributed by atoms with van der Waals surface area (Å²) in [4.78, 5) is 14.7. The molecule has 6 heteroatoms. The minimum Gasteiger partial charge on any atom is -0.489 e. The lowest BCUT2D eigenvalue weighted by Crippen LogP contribution is -2.38. The monoisotopic (exact) mass is 344 g/mol. The van der Waals surface area contributed by atoms with Crippen molar-refractivity contribution in [2.75, 3.05) is 18.1 Å². The Morgan fingerprint density at radius 1 is 1.25 bits per heavy atom. The minimum absolute atomic E-state index is 0.227. The molecule has 0 unspecified atom stereocenters. The number of benzene rings is 2. The molecule has 0 bridgehead atoms. The van der Waals surface area contributed by atoms with E-state index in [-0.39, 0.29) is 5.91 Å². The van der Waals surface area contributed by atoms with Crippen molar-refractivity contribution in [3.05, 3.63) is 59.0 Å². The average Bonchev–Trinajstić information content (AvgIpc) is 2.85. The first-order chi connectivity index (χ1) is 11.6. The molecule has 122 valence electrons. The van der Waals surface area contributed by atoms with Crippen LogP contribution in [0.25, 0.3) is 10.9 Å². The van der Waals surface area contributed by atoms with Crippen LogP contribution in [0.15, 0.2) is 42.5 Å². The summed E-state index contributed by atoms with van der Waals surface area (Å²) in [6.07, 6.45) is 0. The Morgan fingerprint density at radius 2 is 2.04 bits per heavy atom. The van der Waals surface area contributed by atoms with Crippen molar-refractivity contribution in [3.63, 3.8) is 0 Å². The predicted octanol–water partition coefficient (Wildman–Crippen LogP) is 4.01. The van der Waals surface area contributed by atoms with Gasteiger partial charge in [0.15, 0.2) is 0 Å². The van der Waals surface area contributed by atoms with Crippen molar-refractivity contribution in [1.82, 2.24) is 4.57 Å². The number of carbonyl (C=O) groups excluding carboxylic acids is 1. The highest BCUT2D eigenvalue weighted by molar-refractivity contribution is 6.39.